The molecule has 0 saturated carbocycles. The number of fused-ring (bicyclic) bond motifs is 7. The third kappa shape index (κ3) is 5.02. The predicted molar refractivity (Wildman–Crippen MR) is 227 cm³/mol. The second-order valence-electron chi connectivity index (χ2n) is 15.0. The van der Waals surface area contributed by atoms with Crippen LogP contribution in [0.2, 0.25) is 0 Å². The first-order valence-corrected chi connectivity index (χ1v) is 18.8. The lowest BCUT2D eigenvalue weighted by atomic mass is 9.73. The first kappa shape index (κ1) is 32.0. The van der Waals surface area contributed by atoms with Crippen LogP contribution in [-0.2, 0) is 5.41 Å². The SMILES string of the molecule is CC1(C)c2ccccc2N(c2ccccc2)c2cc(-c3cccc4c5c6ccccc6ccc5n(C5C=C(N=C(N)c6ccccc6)C=CC5)c34)ccc21. The molecule has 8 aromatic rings. The Morgan fingerprint density at radius 1 is 0.685 bits per heavy atom. The van der Waals surface area contributed by atoms with Gasteiger partial charge in [0.2, 0.25) is 0 Å². The quantitative estimate of drug-likeness (QED) is 0.144. The molecule has 10 rings (SSSR count). The summed E-state index contributed by atoms with van der Waals surface area (Å²) in [6.07, 6.45) is 7.46. The minimum Gasteiger partial charge on any atom is -0.383 e. The van der Waals surface area contributed by atoms with Crippen LogP contribution in [0.1, 0.15) is 43.0 Å². The molecule has 2 aliphatic rings. The number of nitrogens with zero attached hydrogens (tertiary/aromatic N) is 3. The van der Waals surface area contributed by atoms with Gasteiger partial charge in [-0.05, 0) is 76.4 Å². The van der Waals surface area contributed by atoms with Crippen molar-refractivity contribution in [3.8, 4) is 11.1 Å². The normalized spacial score (nSPS) is 16.4. The number of rotatable bonds is 5. The van der Waals surface area contributed by atoms with Gasteiger partial charge in [-0.1, -0.05) is 147 Å². The van der Waals surface area contributed by atoms with E-state index < -0.39 is 0 Å². The molecule has 54 heavy (non-hydrogen) atoms. The average Bonchev–Trinajstić information content (AvgIpc) is 3.57. The van der Waals surface area contributed by atoms with Crippen LogP contribution in [0.4, 0.5) is 17.1 Å². The monoisotopic (exact) mass is 696 g/mol. The summed E-state index contributed by atoms with van der Waals surface area (Å²) in [6, 6.07) is 56.9. The molecule has 0 saturated heterocycles. The van der Waals surface area contributed by atoms with E-state index in [1.807, 2.05) is 30.3 Å². The summed E-state index contributed by atoms with van der Waals surface area (Å²) in [4.78, 5) is 7.37. The van der Waals surface area contributed by atoms with Crippen molar-refractivity contribution in [2.24, 2.45) is 10.7 Å². The number of benzene rings is 7. The number of amidine groups is 1. The number of hydrogen-bond acceptors (Lipinski definition) is 2. The molecule has 2 heterocycles. The van der Waals surface area contributed by atoms with Crippen molar-refractivity contribution in [3.63, 3.8) is 0 Å². The van der Waals surface area contributed by atoms with Gasteiger partial charge in [0.15, 0.2) is 0 Å². The highest BCUT2D eigenvalue weighted by Gasteiger charge is 2.37. The number of nitrogens with two attached hydrogens (primary N) is 1. The van der Waals surface area contributed by atoms with Crippen LogP contribution < -0.4 is 10.6 Å². The molecule has 1 aliphatic heterocycles. The van der Waals surface area contributed by atoms with Gasteiger partial charge >= 0.3 is 0 Å². The largest absolute Gasteiger partial charge is 0.383 e. The maximum absolute atomic E-state index is 6.56. The molecule has 7 aromatic carbocycles. The van der Waals surface area contributed by atoms with Crippen molar-refractivity contribution in [1.29, 1.82) is 0 Å². The van der Waals surface area contributed by atoms with E-state index >= 15 is 0 Å². The Hall–Kier alpha value is -6.65. The van der Waals surface area contributed by atoms with Crippen LogP contribution in [0, 0.1) is 0 Å². The van der Waals surface area contributed by atoms with E-state index in [1.165, 1.54) is 66.2 Å². The molecule has 0 fully saturated rings. The molecule has 0 radical (unpaired) electrons. The number of anilines is 3. The topological polar surface area (TPSA) is 46.5 Å². The third-order valence-corrected chi connectivity index (χ3v) is 11.4. The number of para-hydroxylation sites is 3. The minimum absolute atomic E-state index is 0.0314. The second-order valence-corrected chi connectivity index (χ2v) is 15.0. The summed E-state index contributed by atoms with van der Waals surface area (Å²) in [5, 5.41) is 5.03. The van der Waals surface area contributed by atoms with Crippen molar-refractivity contribution in [1.82, 2.24) is 4.57 Å². The van der Waals surface area contributed by atoms with Crippen LogP contribution in [-0.4, -0.2) is 10.4 Å². The van der Waals surface area contributed by atoms with E-state index in [2.05, 4.69) is 169 Å². The number of aliphatic imine (C=N–C) groups is 1. The summed E-state index contributed by atoms with van der Waals surface area (Å²) in [7, 11) is 0. The highest BCUT2D eigenvalue weighted by molar-refractivity contribution is 6.23. The Morgan fingerprint density at radius 3 is 2.26 bits per heavy atom. The van der Waals surface area contributed by atoms with Crippen LogP contribution >= 0.6 is 0 Å². The zero-order valence-electron chi connectivity index (χ0n) is 30.4. The van der Waals surface area contributed by atoms with Crippen LogP contribution in [0.15, 0.2) is 187 Å². The molecule has 4 nitrogen and oxygen atoms in total. The van der Waals surface area contributed by atoms with E-state index in [-0.39, 0.29) is 11.5 Å². The zero-order chi connectivity index (χ0) is 36.4. The minimum atomic E-state index is -0.173. The molecule has 2 N–H and O–H groups in total. The molecular weight excluding hydrogens is 657 g/mol. The highest BCUT2D eigenvalue weighted by Crippen LogP contribution is 2.53. The fraction of sp³-hybridized carbons (Fsp3) is 0.100. The molecule has 0 spiro atoms. The van der Waals surface area contributed by atoms with E-state index in [0.717, 1.165) is 23.4 Å². The summed E-state index contributed by atoms with van der Waals surface area (Å²) in [5.74, 6) is 0.516. The maximum Gasteiger partial charge on any atom is 0.131 e. The van der Waals surface area contributed by atoms with Crippen LogP contribution in [0.3, 0.4) is 0 Å². The van der Waals surface area contributed by atoms with Gasteiger partial charge in [0.1, 0.15) is 5.84 Å². The number of allylic oxidation sites excluding steroid dienone is 3. The molecular formula is C50H40N4. The van der Waals surface area contributed by atoms with E-state index in [1.54, 1.807) is 0 Å². The summed E-state index contributed by atoms with van der Waals surface area (Å²) in [5.41, 5.74) is 19.2. The number of hydrogen-bond donors (Lipinski definition) is 1. The lowest BCUT2D eigenvalue weighted by Crippen LogP contribution is -2.30. The molecule has 4 heteroatoms. The molecule has 1 aromatic heterocycles. The average molecular weight is 697 g/mol. The first-order valence-electron chi connectivity index (χ1n) is 18.8. The fourth-order valence-electron chi connectivity index (χ4n) is 8.90. The van der Waals surface area contributed by atoms with Gasteiger partial charge in [-0.25, -0.2) is 4.99 Å². The summed E-state index contributed by atoms with van der Waals surface area (Å²) in [6.45, 7) is 4.70. The lowest BCUT2D eigenvalue weighted by molar-refractivity contribution is 0.632. The highest BCUT2D eigenvalue weighted by atomic mass is 15.2. The molecule has 260 valence electrons. The lowest BCUT2D eigenvalue weighted by Gasteiger charge is -2.42. The Balaban J connectivity index is 1.22. The first-order chi connectivity index (χ1) is 26.5. The Kier molecular flexibility index (Phi) is 7.41. The van der Waals surface area contributed by atoms with Gasteiger partial charge in [0.25, 0.3) is 0 Å². The van der Waals surface area contributed by atoms with Crippen LogP contribution in [0.5, 0.6) is 0 Å². The predicted octanol–water partition coefficient (Wildman–Crippen LogP) is 12.5. The van der Waals surface area contributed by atoms with Gasteiger partial charge in [-0.2, -0.15) is 0 Å². The van der Waals surface area contributed by atoms with Crippen molar-refractivity contribution in [3.05, 3.63) is 198 Å². The smallest absolute Gasteiger partial charge is 0.131 e. The second kappa shape index (κ2) is 12.5. The third-order valence-electron chi connectivity index (χ3n) is 11.4. The molecule has 1 unspecified atom stereocenters. The Labute approximate surface area is 315 Å². The summed E-state index contributed by atoms with van der Waals surface area (Å²) >= 11 is 0. The summed E-state index contributed by atoms with van der Waals surface area (Å²) < 4.78 is 2.55. The molecule has 0 bridgehead atoms. The molecule has 1 aliphatic carbocycles. The van der Waals surface area contributed by atoms with Gasteiger partial charge in [0.05, 0.1) is 34.1 Å². The van der Waals surface area contributed by atoms with Crippen molar-refractivity contribution >= 4 is 55.5 Å². The van der Waals surface area contributed by atoms with E-state index in [9.17, 15) is 0 Å². The van der Waals surface area contributed by atoms with Crippen LogP contribution in [0.25, 0.3) is 43.7 Å². The van der Waals surface area contributed by atoms with E-state index in [0.29, 0.717) is 5.84 Å². The fourth-order valence-corrected chi connectivity index (χ4v) is 8.90. The van der Waals surface area contributed by atoms with Gasteiger partial charge in [0, 0.05) is 33.0 Å². The Bertz CT molecular complexity index is 2840. The van der Waals surface area contributed by atoms with Gasteiger partial charge < -0.3 is 15.2 Å². The van der Waals surface area contributed by atoms with Gasteiger partial charge in [-0.3, -0.25) is 0 Å². The van der Waals surface area contributed by atoms with Crippen molar-refractivity contribution < 1.29 is 0 Å². The van der Waals surface area contributed by atoms with Gasteiger partial charge in [-0.15, -0.1) is 0 Å². The van der Waals surface area contributed by atoms with Crippen molar-refractivity contribution in [2.75, 3.05) is 4.90 Å². The number of aromatic nitrogens is 1. The Morgan fingerprint density at radius 2 is 1.41 bits per heavy atom. The standard InChI is InChI=1S/C50H40N4/c1-50(2)42-25-11-12-26-44(42)53(37-19-7-4-8-20-37)46-31-35(27-29-43(46)50)40-23-14-24-41-47-39-22-10-9-15-33(39)28-30-45(47)54(48(40)41)38-21-13-18-36(32-38)52-49(51)34-16-5-3-6-17-34/h3-20,22-32,38H,21H2,1-2H3,(H2,51,52). The zero-order valence-corrected chi connectivity index (χ0v) is 30.4. The maximum atomic E-state index is 6.56. The van der Waals surface area contributed by atoms with Crippen molar-refractivity contribution in [2.45, 2.75) is 31.7 Å². The molecule has 1 atom stereocenters. The van der Waals surface area contributed by atoms with E-state index in [4.69, 9.17) is 10.7 Å². The molecule has 0 amide bonds.